The number of carbonyl (C=O) groups is 1. The van der Waals surface area contributed by atoms with Crippen molar-refractivity contribution in [2.24, 2.45) is 0 Å². The van der Waals surface area contributed by atoms with Crippen molar-refractivity contribution in [1.82, 2.24) is 5.32 Å². The number of thioether (sulfide) groups is 1. The summed E-state index contributed by atoms with van der Waals surface area (Å²) in [5.74, 6) is 2.43. The first kappa shape index (κ1) is 10.4. The van der Waals surface area contributed by atoms with Crippen LogP contribution in [0.1, 0.15) is 19.8 Å². The monoisotopic (exact) mass is 251 g/mol. The van der Waals surface area contributed by atoms with Gasteiger partial charge in [-0.25, -0.2) is 0 Å². The molecule has 2 unspecified atom stereocenters. The van der Waals surface area contributed by atoms with Crippen LogP contribution in [-0.4, -0.2) is 28.3 Å². The Labute approximate surface area is 86.0 Å². The number of nitrogens with one attached hydrogen (secondary N) is 1. The van der Waals surface area contributed by atoms with Gasteiger partial charge in [0.1, 0.15) is 0 Å². The van der Waals surface area contributed by atoms with Crippen LogP contribution in [0.15, 0.2) is 0 Å². The van der Waals surface area contributed by atoms with Gasteiger partial charge in [-0.3, -0.25) is 4.79 Å². The third-order valence-corrected chi connectivity index (χ3v) is 3.50. The smallest absolute Gasteiger partial charge is 0.233 e. The average molecular weight is 252 g/mol. The van der Waals surface area contributed by atoms with Crippen LogP contribution in [0.5, 0.6) is 0 Å². The van der Waals surface area contributed by atoms with Crippen molar-refractivity contribution in [3.05, 3.63) is 0 Å². The molecular formula is C8H14BrNOS. The Morgan fingerprint density at radius 3 is 3.00 bits per heavy atom. The van der Waals surface area contributed by atoms with Gasteiger partial charge < -0.3 is 5.32 Å². The van der Waals surface area contributed by atoms with Gasteiger partial charge in [-0.1, -0.05) is 15.9 Å². The zero-order valence-corrected chi connectivity index (χ0v) is 9.58. The number of hydrogen-bond donors (Lipinski definition) is 1. The van der Waals surface area contributed by atoms with Gasteiger partial charge in [0, 0.05) is 11.8 Å². The largest absolute Gasteiger partial charge is 0.352 e. The molecule has 0 aromatic heterocycles. The highest BCUT2D eigenvalue weighted by atomic mass is 79.9. The van der Waals surface area contributed by atoms with Crippen molar-refractivity contribution in [3.8, 4) is 0 Å². The second-order valence-electron chi connectivity index (χ2n) is 3.04. The summed E-state index contributed by atoms with van der Waals surface area (Å²) in [6.07, 6.45) is 2.37. The number of alkyl halides is 1. The van der Waals surface area contributed by atoms with Gasteiger partial charge in [-0.05, 0) is 25.5 Å². The lowest BCUT2D eigenvalue weighted by Crippen LogP contribution is -2.41. The second-order valence-corrected chi connectivity index (χ2v) is 5.56. The Bertz CT molecular complexity index is 157. The summed E-state index contributed by atoms with van der Waals surface area (Å²) in [6.45, 7) is 1.85. The number of halogens is 1. The second kappa shape index (κ2) is 5.12. The van der Waals surface area contributed by atoms with Crippen LogP contribution in [0.2, 0.25) is 0 Å². The lowest BCUT2D eigenvalue weighted by Gasteiger charge is -2.22. The molecule has 70 valence electrons. The lowest BCUT2D eigenvalue weighted by molar-refractivity contribution is -0.120. The summed E-state index contributed by atoms with van der Waals surface area (Å²) in [6, 6.07) is 0.399. The van der Waals surface area contributed by atoms with E-state index in [9.17, 15) is 4.79 Å². The molecule has 1 fully saturated rings. The Balaban J connectivity index is 2.24. The van der Waals surface area contributed by atoms with Crippen molar-refractivity contribution in [3.63, 3.8) is 0 Å². The third kappa shape index (κ3) is 3.35. The van der Waals surface area contributed by atoms with Crippen LogP contribution < -0.4 is 5.32 Å². The maximum absolute atomic E-state index is 11.2. The minimum atomic E-state index is -0.0653. The molecule has 2 nitrogen and oxygen atoms in total. The van der Waals surface area contributed by atoms with E-state index in [1.807, 2.05) is 18.7 Å². The molecule has 0 spiro atoms. The van der Waals surface area contributed by atoms with E-state index in [1.54, 1.807) is 0 Å². The van der Waals surface area contributed by atoms with E-state index in [4.69, 9.17) is 0 Å². The first-order valence-electron chi connectivity index (χ1n) is 4.22. The maximum Gasteiger partial charge on any atom is 0.233 e. The summed E-state index contributed by atoms with van der Waals surface area (Å²) < 4.78 is 0. The molecule has 1 N–H and O–H groups in total. The molecule has 2 atom stereocenters. The van der Waals surface area contributed by atoms with Gasteiger partial charge in [-0.2, -0.15) is 11.8 Å². The van der Waals surface area contributed by atoms with Gasteiger partial charge >= 0.3 is 0 Å². The molecule has 12 heavy (non-hydrogen) atoms. The molecule has 1 rings (SSSR count). The maximum atomic E-state index is 11.2. The van der Waals surface area contributed by atoms with Gasteiger partial charge in [0.2, 0.25) is 5.91 Å². The lowest BCUT2D eigenvalue weighted by atomic mass is 10.2. The highest BCUT2D eigenvalue weighted by molar-refractivity contribution is 9.10. The fourth-order valence-electron chi connectivity index (χ4n) is 1.17. The van der Waals surface area contributed by atoms with Crippen LogP contribution >= 0.6 is 27.7 Å². The zero-order chi connectivity index (χ0) is 8.97. The zero-order valence-electron chi connectivity index (χ0n) is 7.18. The molecule has 0 radical (unpaired) electrons. The SMILES string of the molecule is CC(Br)C(=O)NC1CCCSC1. The molecule has 1 amide bonds. The normalized spacial score (nSPS) is 26.3. The average Bonchev–Trinajstić information content (AvgIpc) is 2.06. The highest BCUT2D eigenvalue weighted by Crippen LogP contribution is 2.17. The summed E-state index contributed by atoms with van der Waals surface area (Å²) in [7, 11) is 0. The van der Waals surface area contributed by atoms with Crippen molar-refractivity contribution in [1.29, 1.82) is 0 Å². The molecule has 1 aliphatic heterocycles. The number of carbonyl (C=O) groups excluding carboxylic acids is 1. The Kier molecular flexibility index (Phi) is 4.43. The van der Waals surface area contributed by atoms with Crippen LogP contribution in [0, 0.1) is 0 Å². The van der Waals surface area contributed by atoms with Crippen molar-refractivity contribution in [2.75, 3.05) is 11.5 Å². The van der Waals surface area contributed by atoms with Gasteiger partial charge in [-0.15, -0.1) is 0 Å². The number of hydrogen-bond acceptors (Lipinski definition) is 2. The fraction of sp³-hybridized carbons (Fsp3) is 0.875. The van der Waals surface area contributed by atoms with Crippen LogP contribution in [0.25, 0.3) is 0 Å². The van der Waals surface area contributed by atoms with Crippen LogP contribution in [0.4, 0.5) is 0 Å². The summed E-state index contributed by atoms with van der Waals surface area (Å²) in [5, 5.41) is 3.01. The molecule has 0 aromatic rings. The molecule has 0 aliphatic carbocycles. The molecule has 1 aliphatic rings. The highest BCUT2D eigenvalue weighted by Gasteiger charge is 2.17. The predicted molar refractivity (Wildman–Crippen MR) is 56.9 cm³/mol. The van der Waals surface area contributed by atoms with E-state index in [-0.39, 0.29) is 10.7 Å². The van der Waals surface area contributed by atoms with Gasteiger partial charge in [0.05, 0.1) is 4.83 Å². The van der Waals surface area contributed by atoms with E-state index in [2.05, 4.69) is 21.2 Å². The molecule has 0 bridgehead atoms. The van der Waals surface area contributed by atoms with Crippen LogP contribution in [-0.2, 0) is 4.79 Å². The number of rotatable bonds is 2. The van der Waals surface area contributed by atoms with Crippen molar-refractivity contribution in [2.45, 2.75) is 30.6 Å². The Morgan fingerprint density at radius 2 is 2.50 bits per heavy atom. The quantitative estimate of drug-likeness (QED) is 0.759. The number of amides is 1. The minimum Gasteiger partial charge on any atom is -0.352 e. The molecule has 1 heterocycles. The van der Waals surface area contributed by atoms with Gasteiger partial charge in [0.25, 0.3) is 0 Å². The topological polar surface area (TPSA) is 29.1 Å². The standard InChI is InChI=1S/C8H14BrNOS/c1-6(9)8(11)10-7-3-2-4-12-5-7/h6-7H,2-5H2,1H3,(H,10,11). The minimum absolute atomic E-state index is 0.0653. The molecule has 4 heteroatoms. The molecule has 0 saturated carbocycles. The first-order valence-corrected chi connectivity index (χ1v) is 6.29. The summed E-state index contributed by atoms with van der Waals surface area (Å²) in [5.41, 5.74) is 0. The van der Waals surface area contributed by atoms with Crippen molar-refractivity contribution < 1.29 is 4.79 Å². The fourth-order valence-corrected chi connectivity index (χ4v) is 2.37. The first-order chi connectivity index (χ1) is 5.70. The summed E-state index contributed by atoms with van der Waals surface area (Å²) in [4.78, 5) is 11.2. The Morgan fingerprint density at radius 1 is 1.75 bits per heavy atom. The van der Waals surface area contributed by atoms with E-state index < -0.39 is 0 Å². The molecular weight excluding hydrogens is 238 g/mol. The van der Waals surface area contributed by atoms with Gasteiger partial charge in [0.15, 0.2) is 0 Å². The molecule has 0 aromatic carbocycles. The van der Waals surface area contributed by atoms with Crippen LogP contribution in [0.3, 0.4) is 0 Å². The van der Waals surface area contributed by atoms with Crippen molar-refractivity contribution >= 4 is 33.6 Å². The summed E-state index contributed by atoms with van der Waals surface area (Å²) >= 11 is 5.17. The van der Waals surface area contributed by atoms with E-state index in [0.29, 0.717) is 6.04 Å². The Hall–Kier alpha value is 0.300. The van der Waals surface area contributed by atoms with E-state index in [1.165, 1.54) is 12.2 Å². The predicted octanol–water partition coefficient (Wildman–Crippen LogP) is 1.78. The third-order valence-electron chi connectivity index (χ3n) is 1.87. The van der Waals surface area contributed by atoms with E-state index in [0.717, 1.165) is 12.2 Å². The van der Waals surface area contributed by atoms with E-state index >= 15 is 0 Å². The molecule has 1 saturated heterocycles.